The molecular weight excluding hydrogens is 442 g/mol. The van der Waals surface area contributed by atoms with E-state index in [1.165, 1.54) is 15.0 Å². The van der Waals surface area contributed by atoms with Crippen LogP contribution in [0, 0.1) is 5.92 Å². The molecule has 3 aromatic carbocycles. The fourth-order valence-corrected chi connectivity index (χ4v) is 5.94. The Balaban J connectivity index is 1.40. The van der Waals surface area contributed by atoms with Crippen LogP contribution in [0.5, 0.6) is 5.75 Å². The third-order valence-corrected chi connectivity index (χ3v) is 7.43. The molecule has 32 heavy (non-hydrogen) atoms. The number of anilines is 1. The number of fused-ring (bicyclic) bond motifs is 2. The monoisotopic (exact) mass is 465 g/mol. The first-order chi connectivity index (χ1) is 15.4. The van der Waals surface area contributed by atoms with Crippen molar-refractivity contribution in [3.63, 3.8) is 0 Å². The third-order valence-electron chi connectivity index (χ3n) is 5.70. The molecule has 1 aromatic heterocycles. The second-order valence-corrected chi connectivity index (χ2v) is 11.1. The van der Waals surface area contributed by atoms with Crippen LogP contribution in [0.1, 0.15) is 16.5 Å². The Hall–Kier alpha value is -2.87. The van der Waals surface area contributed by atoms with Crippen molar-refractivity contribution in [2.75, 3.05) is 17.6 Å². The van der Waals surface area contributed by atoms with Crippen molar-refractivity contribution in [3.8, 4) is 16.9 Å². The molecule has 164 valence electrons. The van der Waals surface area contributed by atoms with Crippen LogP contribution < -0.4 is 9.46 Å². The summed E-state index contributed by atoms with van der Waals surface area (Å²) >= 11 is 1.76. The number of ether oxygens (including phenoxy) is 1. The number of sulfonamides is 1. The number of para-hydroxylation sites is 1. The van der Waals surface area contributed by atoms with E-state index >= 15 is 0 Å². The zero-order valence-electron chi connectivity index (χ0n) is 17.5. The third kappa shape index (κ3) is 4.24. The number of thiophene rings is 1. The molecule has 2 heterocycles. The molecule has 2 N–H and O–H groups in total. The summed E-state index contributed by atoms with van der Waals surface area (Å²) in [6.45, 7) is 0.426. The molecular formula is C25H23NO4S2. The molecule has 7 heteroatoms. The van der Waals surface area contributed by atoms with E-state index in [4.69, 9.17) is 4.74 Å². The molecule has 1 aliphatic heterocycles. The Bertz CT molecular complexity index is 1360. The maximum Gasteiger partial charge on any atom is 0.229 e. The molecule has 0 aliphatic carbocycles. The van der Waals surface area contributed by atoms with E-state index in [9.17, 15) is 13.5 Å². The van der Waals surface area contributed by atoms with E-state index in [1.807, 2.05) is 42.5 Å². The molecule has 0 fully saturated rings. The summed E-state index contributed by atoms with van der Waals surface area (Å²) in [5, 5.41) is 12.3. The number of benzene rings is 3. The van der Waals surface area contributed by atoms with Gasteiger partial charge in [0.2, 0.25) is 10.0 Å². The Morgan fingerprint density at radius 1 is 1.06 bits per heavy atom. The van der Waals surface area contributed by atoms with Crippen molar-refractivity contribution in [1.29, 1.82) is 0 Å². The highest BCUT2D eigenvalue weighted by Gasteiger charge is 2.30. The summed E-state index contributed by atoms with van der Waals surface area (Å²) < 4.78 is 33.3. The smallest absolute Gasteiger partial charge is 0.229 e. The lowest BCUT2D eigenvalue weighted by Crippen LogP contribution is -2.27. The van der Waals surface area contributed by atoms with Gasteiger partial charge in [-0.25, -0.2) is 8.42 Å². The summed E-state index contributed by atoms with van der Waals surface area (Å²) in [5.41, 5.74) is 2.85. The number of rotatable bonds is 5. The Kier molecular flexibility index (Phi) is 5.41. The molecule has 0 spiro atoms. The van der Waals surface area contributed by atoms with Crippen molar-refractivity contribution in [2.24, 2.45) is 5.92 Å². The van der Waals surface area contributed by atoms with Gasteiger partial charge in [-0.1, -0.05) is 48.5 Å². The van der Waals surface area contributed by atoms with Crippen LogP contribution in [0.25, 0.3) is 21.2 Å². The van der Waals surface area contributed by atoms with Gasteiger partial charge in [0, 0.05) is 26.6 Å². The normalized spacial score (nSPS) is 18.2. The SMILES string of the molecule is CS(=O)(=O)Nc1ccccc1-c1ccc2c(c1)OCC(Cc1cc3ccccc3s1)C2O. The van der Waals surface area contributed by atoms with Gasteiger partial charge in [0.25, 0.3) is 0 Å². The Labute approximate surface area is 191 Å². The van der Waals surface area contributed by atoms with Gasteiger partial charge in [-0.2, -0.15) is 0 Å². The van der Waals surface area contributed by atoms with E-state index in [0.29, 0.717) is 18.0 Å². The second kappa shape index (κ2) is 8.24. The van der Waals surface area contributed by atoms with Crippen LogP contribution in [-0.2, 0) is 16.4 Å². The molecule has 0 bridgehead atoms. The van der Waals surface area contributed by atoms with Gasteiger partial charge in [0.15, 0.2) is 0 Å². The van der Waals surface area contributed by atoms with Crippen molar-refractivity contribution in [3.05, 3.63) is 83.2 Å². The average Bonchev–Trinajstić information content (AvgIpc) is 3.17. The van der Waals surface area contributed by atoms with Gasteiger partial charge in [0.1, 0.15) is 5.75 Å². The van der Waals surface area contributed by atoms with Crippen LogP contribution >= 0.6 is 11.3 Å². The summed E-state index contributed by atoms with van der Waals surface area (Å²) in [7, 11) is -3.40. The van der Waals surface area contributed by atoms with Crippen molar-refractivity contribution < 1.29 is 18.3 Å². The van der Waals surface area contributed by atoms with Gasteiger partial charge in [-0.3, -0.25) is 4.72 Å². The van der Waals surface area contributed by atoms with Crippen molar-refractivity contribution in [2.45, 2.75) is 12.5 Å². The minimum absolute atomic E-state index is 0.0272. The highest BCUT2D eigenvalue weighted by Crippen LogP contribution is 2.41. The molecule has 2 atom stereocenters. The molecule has 2 unspecified atom stereocenters. The standard InChI is InChI=1S/C25H23NO4S2/c1-32(28,29)26-22-8-4-3-7-20(22)16-10-11-21-23(14-16)30-15-18(25(21)27)13-19-12-17-6-2-5-9-24(17)31-19/h2-12,14,18,25-27H,13,15H2,1H3. The Morgan fingerprint density at radius 3 is 2.66 bits per heavy atom. The topological polar surface area (TPSA) is 75.6 Å². The first-order valence-corrected chi connectivity index (χ1v) is 13.1. The predicted molar refractivity (Wildman–Crippen MR) is 130 cm³/mol. The highest BCUT2D eigenvalue weighted by molar-refractivity contribution is 7.92. The zero-order chi connectivity index (χ0) is 22.3. The van der Waals surface area contributed by atoms with Crippen molar-refractivity contribution >= 4 is 37.1 Å². The number of hydrogen-bond acceptors (Lipinski definition) is 5. The lowest BCUT2D eigenvalue weighted by atomic mass is 9.89. The van der Waals surface area contributed by atoms with Gasteiger partial charge in [0.05, 0.1) is 24.7 Å². The van der Waals surface area contributed by atoms with E-state index < -0.39 is 16.1 Å². The minimum atomic E-state index is -3.40. The van der Waals surface area contributed by atoms with E-state index in [-0.39, 0.29) is 5.92 Å². The van der Waals surface area contributed by atoms with Gasteiger partial charge >= 0.3 is 0 Å². The number of nitrogens with one attached hydrogen (secondary N) is 1. The quantitative estimate of drug-likeness (QED) is 0.423. The highest BCUT2D eigenvalue weighted by atomic mass is 32.2. The average molecular weight is 466 g/mol. The summed E-state index contributed by atoms with van der Waals surface area (Å²) in [5.74, 6) is 0.609. The fourth-order valence-electron chi connectivity index (χ4n) is 4.20. The van der Waals surface area contributed by atoms with Crippen LogP contribution in [0.2, 0.25) is 0 Å². The fraction of sp³-hybridized carbons (Fsp3) is 0.200. The van der Waals surface area contributed by atoms with Gasteiger partial charge in [-0.05, 0) is 41.6 Å². The van der Waals surface area contributed by atoms with Crippen LogP contribution in [0.3, 0.4) is 0 Å². The van der Waals surface area contributed by atoms with Crippen LogP contribution in [-0.4, -0.2) is 26.4 Å². The van der Waals surface area contributed by atoms with E-state index in [2.05, 4.69) is 22.9 Å². The maximum absolute atomic E-state index is 11.7. The maximum atomic E-state index is 11.7. The van der Waals surface area contributed by atoms with E-state index in [1.54, 1.807) is 23.5 Å². The lowest BCUT2D eigenvalue weighted by molar-refractivity contribution is 0.0513. The number of aliphatic hydroxyl groups is 1. The van der Waals surface area contributed by atoms with Crippen molar-refractivity contribution in [1.82, 2.24) is 0 Å². The molecule has 4 aromatic rings. The molecule has 1 aliphatic rings. The zero-order valence-corrected chi connectivity index (χ0v) is 19.1. The first-order valence-electron chi connectivity index (χ1n) is 10.4. The number of aliphatic hydroxyl groups excluding tert-OH is 1. The summed E-state index contributed by atoms with van der Waals surface area (Å²) in [4.78, 5) is 1.24. The lowest BCUT2D eigenvalue weighted by Gasteiger charge is -2.30. The Morgan fingerprint density at radius 2 is 1.84 bits per heavy atom. The molecule has 5 rings (SSSR count). The molecule has 0 amide bonds. The van der Waals surface area contributed by atoms with Gasteiger partial charge in [-0.15, -0.1) is 11.3 Å². The van der Waals surface area contributed by atoms with Crippen LogP contribution in [0.4, 0.5) is 5.69 Å². The van der Waals surface area contributed by atoms with Crippen LogP contribution in [0.15, 0.2) is 72.8 Å². The molecule has 5 nitrogen and oxygen atoms in total. The largest absolute Gasteiger partial charge is 0.493 e. The molecule has 0 radical (unpaired) electrons. The minimum Gasteiger partial charge on any atom is -0.493 e. The first kappa shape index (κ1) is 21.0. The molecule has 0 saturated carbocycles. The van der Waals surface area contributed by atoms with Gasteiger partial charge < -0.3 is 9.84 Å². The predicted octanol–water partition coefficient (Wildman–Crippen LogP) is 5.22. The summed E-state index contributed by atoms with van der Waals surface area (Å²) in [6.07, 6.45) is 1.26. The number of hydrogen-bond donors (Lipinski definition) is 2. The molecule has 0 saturated heterocycles. The van der Waals surface area contributed by atoms with E-state index in [0.717, 1.165) is 29.4 Å². The second-order valence-electron chi connectivity index (χ2n) is 8.14. The summed E-state index contributed by atoms with van der Waals surface area (Å²) in [6, 6.07) is 23.4.